The number of esters is 1. The van der Waals surface area contributed by atoms with Crippen LogP contribution in [0.25, 0.3) is 0 Å². The Morgan fingerprint density at radius 2 is 1.89 bits per heavy atom. The van der Waals surface area contributed by atoms with Crippen molar-refractivity contribution in [3.8, 4) is 0 Å². The Labute approximate surface area is 114 Å². The van der Waals surface area contributed by atoms with E-state index in [0.29, 0.717) is 0 Å². The maximum Gasteiger partial charge on any atom is 0.309 e. The van der Waals surface area contributed by atoms with Crippen LogP contribution in [0, 0.1) is 5.92 Å². The lowest BCUT2D eigenvalue weighted by atomic mass is 10.2. The van der Waals surface area contributed by atoms with Crippen molar-refractivity contribution in [1.82, 2.24) is 4.31 Å². The molecular weight excluding hydrogens is 266 g/mol. The summed E-state index contributed by atoms with van der Waals surface area (Å²) in [4.78, 5) is 11.3. The normalized spacial score (nSPS) is 13.3. The van der Waals surface area contributed by atoms with Crippen molar-refractivity contribution in [3.05, 3.63) is 35.9 Å². The molecule has 0 saturated heterocycles. The molecule has 19 heavy (non-hydrogen) atoms. The predicted molar refractivity (Wildman–Crippen MR) is 72.9 cm³/mol. The first-order valence-electron chi connectivity index (χ1n) is 5.92. The summed E-state index contributed by atoms with van der Waals surface area (Å²) >= 11 is 0. The molecule has 5 nitrogen and oxygen atoms in total. The van der Waals surface area contributed by atoms with Gasteiger partial charge in [0.1, 0.15) is 0 Å². The number of ether oxygens (including phenoxy) is 1. The van der Waals surface area contributed by atoms with Gasteiger partial charge in [0.05, 0.1) is 18.8 Å². The molecule has 0 fully saturated rings. The van der Waals surface area contributed by atoms with E-state index in [1.807, 2.05) is 6.07 Å². The lowest BCUT2D eigenvalue weighted by Crippen LogP contribution is -2.34. The van der Waals surface area contributed by atoms with Gasteiger partial charge in [0.15, 0.2) is 0 Å². The number of sulfonamides is 1. The fraction of sp³-hybridized carbons (Fsp3) is 0.462. The number of hydrogen-bond acceptors (Lipinski definition) is 4. The molecule has 0 aliphatic heterocycles. The summed E-state index contributed by atoms with van der Waals surface area (Å²) in [5.41, 5.74) is 0.722. The van der Waals surface area contributed by atoms with Gasteiger partial charge in [0.2, 0.25) is 10.0 Å². The van der Waals surface area contributed by atoms with Crippen LogP contribution in [0.3, 0.4) is 0 Å². The SMILES string of the molecule is COC(=O)C(C)CN(C)S(=O)(=O)Cc1ccccc1. The van der Waals surface area contributed by atoms with Crippen molar-refractivity contribution in [2.45, 2.75) is 12.7 Å². The maximum atomic E-state index is 12.1. The van der Waals surface area contributed by atoms with Crippen LogP contribution >= 0.6 is 0 Å². The number of nitrogens with zero attached hydrogens (tertiary/aromatic N) is 1. The van der Waals surface area contributed by atoms with Crippen molar-refractivity contribution >= 4 is 16.0 Å². The molecule has 106 valence electrons. The zero-order chi connectivity index (χ0) is 14.5. The summed E-state index contributed by atoms with van der Waals surface area (Å²) in [6.45, 7) is 1.75. The minimum atomic E-state index is -3.42. The Morgan fingerprint density at radius 3 is 2.42 bits per heavy atom. The highest BCUT2D eigenvalue weighted by molar-refractivity contribution is 7.88. The summed E-state index contributed by atoms with van der Waals surface area (Å²) in [7, 11) is -0.666. The molecule has 0 saturated carbocycles. The summed E-state index contributed by atoms with van der Waals surface area (Å²) in [6.07, 6.45) is 0. The van der Waals surface area contributed by atoms with Crippen molar-refractivity contribution in [1.29, 1.82) is 0 Å². The zero-order valence-electron chi connectivity index (χ0n) is 11.4. The number of benzene rings is 1. The van der Waals surface area contributed by atoms with Gasteiger partial charge in [-0.05, 0) is 5.56 Å². The first-order chi connectivity index (χ1) is 8.86. The van der Waals surface area contributed by atoms with Crippen LogP contribution in [-0.4, -0.2) is 39.4 Å². The second-order valence-corrected chi connectivity index (χ2v) is 6.52. The van der Waals surface area contributed by atoms with Gasteiger partial charge in [-0.2, -0.15) is 0 Å². The molecule has 1 unspecified atom stereocenters. The van der Waals surface area contributed by atoms with Gasteiger partial charge in [0.25, 0.3) is 0 Å². The van der Waals surface area contributed by atoms with Crippen LogP contribution in [0.4, 0.5) is 0 Å². The van der Waals surface area contributed by atoms with Crippen molar-refractivity contribution in [2.75, 3.05) is 20.7 Å². The number of carbonyl (C=O) groups excluding carboxylic acids is 1. The molecule has 0 amide bonds. The summed E-state index contributed by atoms with van der Waals surface area (Å²) in [6, 6.07) is 8.94. The molecule has 0 radical (unpaired) electrons. The van der Waals surface area contributed by atoms with Gasteiger partial charge in [-0.15, -0.1) is 0 Å². The van der Waals surface area contributed by atoms with Gasteiger partial charge in [0, 0.05) is 13.6 Å². The minimum absolute atomic E-state index is 0.0712. The van der Waals surface area contributed by atoms with Crippen molar-refractivity contribution in [3.63, 3.8) is 0 Å². The van der Waals surface area contributed by atoms with Crippen LogP contribution in [0.15, 0.2) is 30.3 Å². The maximum absolute atomic E-state index is 12.1. The first-order valence-corrected chi connectivity index (χ1v) is 7.53. The number of methoxy groups -OCH3 is 1. The number of rotatable bonds is 6. The second kappa shape index (κ2) is 6.68. The van der Waals surface area contributed by atoms with Crippen molar-refractivity contribution in [2.24, 2.45) is 5.92 Å². The van der Waals surface area contributed by atoms with E-state index in [9.17, 15) is 13.2 Å². The highest BCUT2D eigenvalue weighted by atomic mass is 32.2. The predicted octanol–water partition coefficient (Wildman–Crippen LogP) is 1.26. The van der Waals surface area contributed by atoms with Crippen molar-refractivity contribution < 1.29 is 17.9 Å². The summed E-state index contributed by atoms with van der Waals surface area (Å²) < 4.78 is 30.0. The van der Waals surface area contributed by atoms with E-state index >= 15 is 0 Å². The number of hydrogen-bond donors (Lipinski definition) is 0. The Balaban J connectivity index is 2.70. The molecule has 0 spiro atoms. The molecule has 0 aromatic heterocycles. The third-order valence-electron chi connectivity index (χ3n) is 2.80. The van der Waals surface area contributed by atoms with E-state index < -0.39 is 21.9 Å². The Morgan fingerprint density at radius 1 is 1.32 bits per heavy atom. The van der Waals surface area contributed by atoms with Crippen LogP contribution in [0.5, 0.6) is 0 Å². The molecule has 1 atom stereocenters. The molecule has 1 aromatic rings. The molecule has 1 rings (SSSR count). The topological polar surface area (TPSA) is 63.7 Å². The monoisotopic (exact) mass is 285 g/mol. The lowest BCUT2D eigenvalue weighted by Gasteiger charge is -2.20. The zero-order valence-corrected chi connectivity index (χ0v) is 12.2. The molecule has 0 aliphatic carbocycles. The molecule has 0 bridgehead atoms. The molecule has 1 aromatic carbocycles. The van der Waals surface area contributed by atoms with E-state index in [0.717, 1.165) is 5.56 Å². The average molecular weight is 285 g/mol. The highest BCUT2D eigenvalue weighted by Gasteiger charge is 2.23. The third kappa shape index (κ3) is 4.65. The van der Waals surface area contributed by atoms with Gasteiger partial charge in [-0.3, -0.25) is 4.79 Å². The lowest BCUT2D eigenvalue weighted by molar-refractivity contribution is -0.144. The highest BCUT2D eigenvalue weighted by Crippen LogP contribution is 2.11. The number of carbonyl (C=O) groups is 1. The first kappa shape index (κ1) is 15.7. The van der Waals surface area contributed by atoms with E-state index in [1.54, 1.807) is 31.2 Å². The minimum Gasteiger partial charge on any atom is -0.469 e. The summed E-state index contributed by atoms with van der Waals surface area (Å²) in [5, 5.41) is 0. The van der Waals surface area contributed by atoms with E-state index in [2.05, 4.69) is 4.74 Å². The molecule has 0 N–H and O–H groups in total. The van der Waals surface area contributed by atoms with E-state index in [-0.39, 0.29) is 12.3 Å². The van der Waals surface area contributed by atoms with E-state index in [4.69, 9.17) is 0 Å². The Bertz CT molecular complexity index is 513. The Hall–Kier alpha value is -1.40. The van der Waals surface area contributed by atoms with Crippen LogP contribution in [-0.2, 0) is 25.3 Å². The molecule has 0 heterocycles. The Kier molecular flexibility index (Phi) is 5.50. The second-order valence-electron chi connectivity index (χ2n) is 4.45. The molecule has 0 aliphatic rings. The van der Waals surface area contributed by atoms with E-state index in [1.165, 1.54) is 18.5 Å². The largest absolute Gasteiger partial charge is 0.469 e. The van der Waals surface area contributed by atoms with Gasteiger partial charge >= 0.3 is 5.97 Å². The quantitative estimate of drug-likeness (QED) is 0.738. The van der Waals surface area contributed by atoms with Crippen LogP contribution < -0.4 is 0 Å². The van der Waals surface area contributed by atoms with Gasteiger partial charge < -0.3 is 4.74 Å². The van der Waals surface area contributed by atoms with Gasteiger partial charge in [-0.25, -0.2) is 12.7 Å². The fourth-order valence-electron chi connectivity index (χ4n) is 1.67. The smallest absolute Gasteiger partial charge is 0.309 e. The van der Waals surface area contributed by atoms with Crippen LogP contribution in [0.2, 0.25) is 0 Å². The third-order valence-corrected chi connectivity index (χ3v) is 4.60. The van der Waals surface area contributed by atoms with Crippen LogP contribution in [0.1, 0.15) is 12.5 Å². The summed E-state index contributed by atoms with van der Waals surface area (Å²) in [5.74, 6) is -0.972. The molecule has 6 heteroatoms. The standard InChI is InChI=1S/C13H19NO4S/c1-11(13(15)18-3)9-14(2)19(16,17)10-12-7-5-4-6-8-12/h4-8,11H,9-10H2,1-3H3. The van der Waals surface area contributed by atoms with Gasteiger partial charge in [-0.1, -0.05) is 37.3 Å². The molecular formula is C13H19NO4S. The fourth-order valence-corrected chi connectivity index (χ4v) is 2.95. The average Bonchev–Trinajstić information content (AvgIpc) is 2.38.